The molecule has 0 radical (unpaired) electrons. The normalized spacial score (nSPS) is 19.1. The molecule has 0 unspecified atom stereocenters. The highest BCUT2D eigenvalue weighted by Crippen LogP contribution is 2.47. The lowest BCUT2D eigenvalue weighted by Gasteiger charge is -2.07. The van der Waals surface area contributed by atoms with Gasteiger partial charge in [0, 0.05) is 34.9 Å². The van der Waals surface area contributed by atoms with Crippen LogP contribution in [0.25, 0.3) is 4.96 Å². The Morgan fingerprint density at radius 3 is 2.88 bits per heavy atom. The van der Waals surface area contributed by atoms with Crippen molar-refractivity contribution in [2.45, 2.75) is 24.0 Å². The van der Waals surface area contributed by atoms with E-state index in [1.54, 1.807) is 0 Å². The van der Waals surface area contributed by atoms with Crippen LogP contribution < -0.4 is 0 Å². The summed E-state index contributed by atoms with van der Waals surface area (Å²) in [6.07, 6.45) is 5.49. The maximum atomic E-state index is 11.4. The van der Waals surface area contributed by atoms with E-state index in [9.17, 15) is 8.42 Å². The Balaban J connectivity index is 1.94. The molecule has 0 N–H and O–H groups in total. The molecule has 2 aromatic rings. The van der Waals surface area contributed by atoms with Gasteiger partial charge in [0.15, 0.2) is 4.96 Å². The first kappa shape index (κ1) is 10.6. The number of rotatable bonds is 3. The van der Waals surface area contributed by atoms with E-state index in [1.807, 2.05) is 22.2 Å². The highest BCUT2D eigenvalue weighted by molar-refractivity contribution is 8.15. The Bertz CT molecular complexity index is 611. The van der Waals surface area contributed by atoms with Crippen LogP contribution in [0.15, 0.2) is 17.8 Å². The van der Waals surface area contributed by atoms with Gasteiger partial charge in [-0.05, 0) is 12.8 Å². The summed E-state index contributed by atoms with van der Waals surface area (Å²) in [5.74, 6) is 0. The van der Waals surface area contributed by atoms with E-state index in [0.717, 1.165) is 10.7 Å². The average Bonchev–Trinajstić information content (AvgIpc) is 2.64. The van der Waals surface area contributed by atoms with Gasteiger partial charge in [-0.15, -0.1) is 11.3 Å². The second kappa shape index (κ2) is 3.21. The van der Waals surface area contributed by atoms with Crippen LogP contribution in [0.4, 0.5) is 0 Å². The molecule has 1 aliphatic rings. The predicted octanol–water partition coefficient (Wildman–Crippen LogP) is 2.04. The van der Waals surface area contributed by atoms with E-state index >= 15 is 0 Å². The fourth-order valence-corrected chi connectivity index (χ4v) is 4.09. The van der Waals surface area contributed by atoms with Gasteiger partial charge in [0.1, 0.15) is 0 Å². The number of hydrogen-bond acceptors (Lipinski definition) is 4. The summed E-state index contributed by atoms with van der Waals surface area (Å²) in [5, 5.41) is 1.94. The molecule has 16 heavy (non-hydrogen) atoms. The van der Waals surface area contributed by atoms with E-state index in [0.29, 0.717) is 19.3 Å². The second-order valence-electron chi connectivity index (χ2n) is 4.12. The largest absolute Gasteiger partial charge is 0.297 e. The molecule has 3 rings (SSSR count). The monoisotopic (exact) mass is 276 g/mol. The molecule has 1 fully saturated rings. The summed E-state index contributed by atoms with van der Waals surface area (Å²) in [6, 6.07) is 0. The Kier molecular flexibility index (Phi) is 2.12. The molecule has 0 saturated heterocycles. The van der Waals surface area contributed by atoms with Crippen LogP contribution >= 0.6 is 22.0 Å². The number of hydrogen-bond donors (Lipinski definition) is 0. The van der Waals surface area contributed by atoms with Crippen molar-refractivity contribution in [3.05, 3.63) is 23.5 Å². The Morgan fingerprint density at radius 2 is 2.31 bits per heavy atom. The van der Waals surface area contributed by atoms with Crippen LogP contribution in [-0.4, -0.2) is 22.5 Å². The lowest BCUT2D eigenvalue weighted by Crippen LogP contribution is -2.21. The molecular formula is C9H9ClN2O2S2. The van der Waals surface area contributed by atoms with Gasteiger partial charge in [0.2, 0.25) is 9.05 Å². The van der Waals surface area contributed by atoms with Gasteiger partial charge in [-0.25, -0.2) is 13.4 Å². The number of nitrogens with zero attached hydrogens (tertiary/aromatic N) is 2. The van der Waals surface area contributed by atoms with Crippen LogP contribution in [-0.2, 0) is 15.5 Å². The van der Waals surface area contributed by atoms with Crippen molar-refractivity contribution in [3.63, 3.8) is 0 Å². The third-order valence-electron chi connectivity index (χ3n) is 2.97. The van der Waals surface area contributed by atoms with Crippen LogP contribution in [0.2, 0.25) is 0 Å². The second-order valence-corrected chi connectivity index (χ2v) is 7.96. The fourth-order valence-electron chi connectivity index (χ4n) is 1.84. The van der Waals surface area contributed by atoms with Crippen molar-refractivity contribution in [1.82, 2.24) is 9.38 Å². The third-order valence-corrected chi connectivity index (χ3v) is 6.31. The van der Waals surface area contributed by atoms with Crippen LogP contribution in [0.3, 0.4) is 0 Å². The highest BCUT2D eigenvalue weighted by atomic mass is 35.7. The Morgan fingerprint density at radius 1 is 1.56 bits per heavy atom. The maximum absolute atomic E-state index is 11.4. The minimum absolute atomic E-state index is 0.424. The van der Waals surface area contributed by atoms with Crippen molar-refractivity contribution < 1.29 is 8.42 Å². The van der Waals surface area contributed by atoms with E-state index in [-0.39, 0.29) is 0 Å². The quantitative estimate of drug-likeness (QED) is 0.806. The Labute approximate surface area is 101 Å². The summed E-state index contributed by atoms with van der Waals surface area (Å²) < 4.78 is 24.0. The van der Waals surface area contributed by atoms with Gasteiger partial charge < -0.3 is 0 Å². The summed E-state index contributed by atoms with van der Waals surface area (Å²) in [7, 11) is 1.97. The number of aromatic nitrogens is 2. The lowest BCUT2D eigenvalue weighted by atomic mass is 10.2. The van der Waals surface area contributed by atoms with Gasteiger partial charge in [-0.2, -0.15) is 0 Å². The third kappa shape index (κ3) is 1.56. The number of imidazole rings is 1. The topological polar surface area (TPSA) is 51.4 Å². The van der Waals surface area contributed by atoms with Crippen molar-refractivity contribution in [1.29, 1.82) is 0 Å². The highest BCUT2D eigenvalue weighted by Gasteiger charge is 2.54. The summed E-state index contributed by atoms with van der Waals surface area (Å²) in [4.78, 5) is 5.26. The van der Waals surface area contributed by atoms with E-state index < -0.39 is 13.8 Å². The van der Waals surface area contributed by atoms with E-state index in [4.69, 9.17) is 10.7 Å². The molecule has 2 heterocycles. The smallest absolute Gasteiger partial charge is 0.238 e. The molecule has 0 spiro atoms. The molecule has 0 aromatic carbocycles. The summed E-state index contributed by atoms with van der Waals surface area (Å²) in [6.45, 7) is 0. The molecule has 1 saturated carbocycles. The molecule has 7 heteroatoms. The van der Waals surface area contributed by atoms with Gasteiger partial charge in [0.25, 0.3) is 0 Å². The average molecular weight is 277 g/mol. The molecule has 0 amide bonds. The van der Waals surface area contributed by atoms with Crippen molar-refractivity contribution in [2.24, 2.45) is 0 Å². The predicted molar refractivity (Wildman–Crippen MR) is 63.5 cm³/mol. The van der Waals surface area contributed by atoms with Gasteiger partial charge in [-0.1, -0.05) is 0 Å². The molecule has 0 atom stereocenters. The number of fused-ring (bicyclic) bond motifs is 1. The molecule has 2 aromatic heterocycles. The molecule has 86 valence electrons. The van der Waals surface area contributed by atoms with E-state index in [1.165, 1.54) is 11.3 Å². The minimum Gasteiger partial charge on any atom is -0.297 e. The number of halogens is 1. The maximum Gasteiger partial charge on any atom is 0.238 e. The van der Waals surface area contributed by atoms with Gasteiger partial charge in [-0.3, -0.25) is 4.40 Å². The van der Waals surface area contributed by atoms with Crippen molar-refractivity contribution >= 4 is 36.0 Å². The molecule has 0 aliphatic heterocycles. The SMILES string of the molecule is O=S(=O)(Cl)C1(Cc2cn3ccsc3n2)CC1. The first-order valence-electron chi connectivity index (χ1n) is 4.86. The Hall–Kier alpha value is -0.590. The summed E-state index contributed by atoms with van der Waals surface area (Å²) in [5.41, 5.74) is 0.800. The lowest BCUT2D eigenvalue weighted by molar-refractivity contribution is 0.589. The van der Waals surface area contributed by atoms with E-state index in [2.05, 4.69) is 4.98 Å². The summed E-state index contributed by atoms with van der Waals surface area (Å²) >= 11 is 1.53. The zero-order valence-electron chi connectivity index (χ0n) is 8.26. The van der Waals surface area contributed by atoms with Crippen LogP contribution in [0, 0.1) is 0 Å². The minimum atomic E-state index is -3.48. The van der Waals surface area contributed by atoms with Gasteiger partial charge >= 0.3 is 0 Å². The fraction of sp³-hybridized carbons (Fsp3) is 0.444. The van der Waals surface area contributed by atoms with Crippen molar-refractivity contribution in [2.75, 3.05) is 0 Å². The molecule has 0 bridgehead atoms. The van der Waals surface area contributed by atoms with Crippen molar-refractivity contribution in [3.8, 4) is 0 Å². The zero-order valence-corrected chi connectivity index (χ0v) is 10.6. The zero-order chi connectivity index (χ0) is 11.4. The van der Waals surface area contributed by atoms with Crippen LogP contribution in [0.1, 0.15) is 18.5 Å². The van der Waals surface area contributed by atoms with Gasteiger partial charge in [0.05, 0.1) is 10.4 Å². The van der Waals surface area contributed by atoms with Crippen LogP contribution in [0.5, 0.6) is 0 Å². The molecule has 4 nitrogen and oxygen atoms in total. The first-order chi connectivity index (χ1) is 7.50. The first-order valence-corrected chi connectivity index (χ1v) is 8.04. The number of thiazole rings is 1. The molecule has 1 aliphatic carbocycles. The molecular weight excluding hydrogens is 268 g/mol. The standard InChI is InChI=1S/C9H9ClN2O2S2/c10-16(13,14)9(1-2-9)5-7-6-12-3-4-15-8(12)11-7/h3-4,6H,1-2,5H2.